The van der Waals surface area contributed by atoms with Gasteiger partial charge in [0.25, 0.3) is 0 Å². The quantitative estimate of drug-likeness (QED) is 0.887. The predicted molar refractivity (Wildman–Crippen MR) is 70.2 cm³/mol. The monoisotopic (exact) mass is 289 g/mol. The van der Waals surface area contributed by atoms with Gasteiger partial charge in [-0.25, -0.2) is 8.78 Å². The SMILES string of the molecule is Cl.OCCn1ccc(NCc2cc(F)cc(F)c2)n1. The molecular formula is C12H14ClF2N3O. The number of halogens is 3. The van der Waals surface area contributed by atoms with Crippen LogP contribution in [0.3, 0.4) is 0 Å². The fraction of sp³-hybridized carbons (Fsp3) is 0.250. The normalized spacial score (nSPS) is 10.1. The molecule has 4 nitrogen and oxygen atoms in total. The van der Waals surface area contributed by atoms with Gasteiger partial charge < -0.3 is 10.4 Å². The van der Waals surface area contributed by atoms with Gasteiger partial charge in [-0.1, -0.05) is 0 Å². The summed E-state index contributed by atoms with van der Waals surface area (Å²) in [4.78, 5) is 0. The van der Waals surface area contributed by atoms with Crippen LogP contribution < -0.4 is 5.32 Å². The first-order chi connectivity index (χ1) is 8.67. The van der Waals surface area contributed by atoms with Gasteiger partial charge in [0.2, 0.25) is 0 Å². The van der Waals surface area contributed by atoms with Crippen LogP contribution in [0.5, 0.6) is 0 Å². The molecule has 1 aromatic carbocycles. The van der Waals surface area contributed by atoms with E-state index in [0.29, 0.717) is 17.9 Å². The third-order valence-electron chi connectivity index (χ3n) is 2.37. The highest BCUT2D eigenvalue weighted by molar-refractivity contribution is 5.85. The average Bonchev–Trinajstić information content (AvgIpc) is 2.74. The molecule has 19 heavy (non-hydrogen) atoms. The Morgan fingerprint density at radius 2 is 1.89 bits per heavy atom. The Balaban J connectivity index is 0.00000180. The van der Waals surface area contributed by atoms with Crippen molar-refractivity contribution in [1.29, 1.82) is 0 Å². The van der Waals surface area contributed by atoms with E-state index in [1.165, 1.54) is 12.1 Å². The van der Waals surface area contributed by atoms with Gasteiger partial charge in [0.05, 0.1) is 13.2 Å². The van der Waals surface area contributed by atoms with Crippen molar-refractivity contribution in [2.45, 2.75) is 13.1 Å². The number of aromatic nitrogens is 2. The zero-order chi connectivity index (χ0) is 13.0. The zero-order valence-electron chi connectivity index (χ0n) is 10.0. The predicted octanol–water partition coefficient (Wildman–Crippen LogP) is 2.19. The van der Waals surface area contributed by atoms with E-state index in [2.05, 4.69) is 10.4 Å². The van der Waals surface area contributed by atoms with Gasteiger partial charge in [0, 0.05) is 24.9 Å². The lowest BCUT2D eigenvalue weighted by molar-refractivity contribution is 0.269. The average molecular weight is 290 g/mol. The highest BCUT2D eigenvalue weighted by Gasteiger charge is 2.02. The molecule has 2 aromatic rings. The topological polar surface area (TPSA) is 50.1 Å². The summed E-state index contributed by atoms with van der Waals surface area (Å²) in [6.45, 7) is 0.706. The molecule has 0 aliphatic rings. The number of aliphatic hydroxyl groups excluding tert-OH is 1. The molecule has 0 aliphatic carbocycles. The van der Waals surface area contributed by atoms with Gasteiger partial charge in [0.15, 0.2) is 0 Å². The van der Waals surface area contributed by atoms with Crippen molar-refractivity contribution in [2.24, 2.45) is 0 Å². The van der Waals surface area contributed by atoms with Gasteiger partial charge in [-0.2, -0.15) is 5.10 Å². The van der Waals surface area contributed by atoms with Crippen molar-refractivity contribution in [3.8, 4) is 0 Å². The lowest BCUT2D eigenvalue weighted by Crippen LogP contribution is -2.05. The van der Waals surface area contributed by atoms with Crippen molar-refractivity contribution in [3.05, 3.63) is 47.7 Å². The smallest absolute Gasteiger partial charge is 0.148 e. The number of nitrogens with one attached hydrogen (secondary N) is 1. The number of rotatable bonds is 5. The largest absolute Gasteiger partial charge is 0.394 e. The van der Waals surface area contributed by atoms with Crippen LogP contribution in [-0.4, -0.2) is 21.5 Å². The van der Waals surface area contributed by atoms with Crippen LogP contribution in [0.2, 0.25) is 0 Å². The second-order valence-corrected chi connectivity index (χ2v) is 3.82. The minimum absolute atomic E-state index is 0. The van der Waals surface area contributed by atoms with Gasteiger partial charge in [0.1, 0.15) is 17.5 Å². The molecule has 2 rings (SSSR count). The van der Waals surface area contributed by atoms with Crippen molar-refractivity contribution < 1.29 is 13.9 Å². The molecule has 0 bridgehead atoms. The molecule has 0 aliphatic heterocycles. The molecule has 0 spiro atoms. The molecule has 0 atom stereocenters. The molecule has 1 aromatic heterocycles. The molecule has 1 heterocycles. The van der Waals surface area contributed by atoms with Crippen molar-refractivity contribution >= 4 is 18.2 Å². The first-order valence-electron chi connectivity index (χ1n) is 5.50. The number of hydrogen-bond acceptors (Lipinski definition) is 3. The molecule has 0 fully saturated rings. The second-order valence-electron chi connectivity index (χ2n) is 3.82. The summed E-state index contributed by atoms with van der Waals surface area (Å²) in [7, 11) is 0. The van der Waals surface area contributed by atoms with Crippen LogP contribution in [0, 0.1) is 11.6 Å². The van der Waals surface area contributed by atoms with E-state index >= 15 is 0 Å². The van der Waals surface area contributed by atoms with Crippen LogP contribution >= 0.6 is 12.4 Å². The molecule has 0 unspecified atom stereocenters. The Labute approximate surface area is 115 Å². The first kappa shape index (κ1) is 15.4. The minimum Gasteiger partial charge on any atom is -0.394 e. The van der Waals surface area contributed by atoms with Crippen molar-refractivity contribution in [3.63, 3.8) is 0 Å². The fourth-order valence-corrected chi connectivity index (χ4v) is 1.59. The second kappa shape index (κ2) is 7.06. The highest BCUT2D eigenvalue weighted by atomic mass is 35.5. The molecule has 0 amide bonds. The lowest BCUT2D eigenvalue weighted by atomic mass is 10.2. The van der Waals surface area contributed by atoms with E-state index in [1.807, 2.05) is 0 Å². The molecule has 2 N–H and O–H groups in total. The summed E-state index contributed by atoms with van der Waals surface area (Å²) >= 11 is 0. The van der Waals surface area contributed by atoms with Crippen LogP contribution in [0.4, 0.5) is 14.6 Å². The molecule has 7 heteroatoms. The highest BCUT2D eigenvalue weighted by Crippen LogP contribution is 2.10. The molecule has 0 radical (unpaired) electrons. The van der Waals surface area contributed by atoms with Crippen LogP contribution in [0.25, 0.3) is 0 Å². The van der Waals surface area contributed by atoms with Gasteiger partial charge in [-0.05, 0) is 17.7 Å². The summed E-state index contributed by atoms with van der Waals surface area (Å²) < 4.78 is 27.5. The Morgan fingerprint density at radius 3 is 2.53 bits per heavy atom. The zero-order valence-corrected chi connectivity index (χ0v) is 10.8. The standard InChI is InChI=1S/C12H13F2N3O.ClH/c13-10-5-9(6-11(14)7-10)8-15-12-1-2-17(16-12)3-4-18;/h1-2,5-7,18H,3-4,8H2,(H,15,16);1H. The van der Waals surface area contributed by atoms with E-state index in [0.717, 1.165) is 6.07 Å². The van der Waals surface area contributed by atoms with E-state index in [1.54, 1.807) is 16.9 Å². The third-order valence-corrected chi connectivity index (χ3v) is 2.37. The first-order valence-corrected chi connectivity index (χ1v) is 5.50. The van der Waals surface area contributed by atoms with Gasteiger partial charge >= 0.3 is 0 Å². The van der Waals surface area contributed by atoms with Crippen LogP contribution in [-0.2, 0) is 13.1 Å². The maximum atomic E-state index is 12.9. The minimum atomic E-state index is -0.599. The Bertz CT molecular complexity index is 513. The number of benzene rings is 1. The third kappa shape index (κ3) is 4.50. The molecule has 0 saturated heterocycles. The van der Waals surface area contributed by atoms with Gasteiger partial charge in [-0.3, -0.25) is 4.68 Å². The maximum absolute atomic E-state index is 12.9. The van der Waals surface area contributed by atoms with Crippen LogP contribution in [0.15, 0.2) is 30.5 Å². The number of aliphatic hydroxyl groups is 1. The summed E-state index contributed by atoms with van der Waals surface area (Å²) in [6, 6.07) is 5.09. The van der Waals surface area contributed by atoms with E-state index in [-0.39, 0.29) is 25.6 Å². The summed E-state index contributed by atoms with van der Waals surface area (Å²) in [5.41, 5.74) is 0.504. The van der Waals surface area contributed by atoms with Crippen molar-refractivity contribution in [2.75, 3.05) is 11.9 Å². The molecule has 104 valence electrons. The Kier molecular flexibility index (Phi) is 5.72. The van der Waals surface area contributed by atoms with E-state index in [9.17, 15) is 8.78 Å². The summed E-state index contributed by atoms with van der Waals surface area (Å²) in [5, 5.41) is 15.8. The lowest BCUT2D eigenvalue weighted by Gasteiger charge is -2.04. The van der Waals surface area contributed by atoms with Crippen molar-refractivity contribution in [1.82, 2.24) is 9.78 Å². The maximum Gasteiger partial charge on any atom is 0.148 e. The molecular weight excluding hydrogens is 276 g/mol. The number of anilines is 1. The van der Waals surface area contributed by atoms with E-state index < -0.39 is 11.6 Å². The Morgan fingerprint density at radius 1 is 1.21 bits per heavy atom. The van der Waals surface area contributed by atoms with Crippen LogP contribution in [0.1, 0.15) is 5.56 Å². The van der Waals surface area contributed by atoms with E-state index in [4.69, 9.17) is 5.11 Å². The number of nitrogens with zero attached hydrogens (tertiary/aromatic N) is 2. The Hall–Kier alpha value is -1.66. The molecule has 0 saturated carbocycles. The van der Waals surface area contributed by atoms with Gasteiger partial charge in [-0.15, -0.1) is 12.4 Å². The fourth-order valence-electron chi connectivity index (χ4n) is 1.59. The summed E-state index contributed by atoms with van der Waals surface area (Å²) in [5.74, 6) is -0.608. The summed E-state index contributed by atoms with van der Waals surface area (Å²) in [6.07, 6.45) is 1.71. The number of hydrogen-bond donors (Lipinski definition) is 2.